The first-order valence-electron chi connectivity index (χ1n) is 9.46. The molecule has 2 amide bonds. The summed E-state index contributed by atoms with van der Waals surface area (Å²) in [6.45, 7) is 11.4. The molecule has 0 bridgehead atoms. The summed E-state index contributed by atoms with van der Waals surface area (Å²) >= 11 is 0. The fraction of sp³-hybridized carbons (Fsp3) is 0.619. The van der Waals surface area contributed by atoms with Crippen LogP contribution in [0.15, 0.2) is 18.2 Å². The highest BCUT2D eigenvalue weighted by Crippen LogP contribution is 2.31. The van der Waals surface area contributed by atoms with Gasteiger partial charge in [-0.15, -0.1) is 0 Å². The normalized spacial score (nSPS) is 18.9. The molecule has 0 spiro atoms. The second-order valence-electron chi connectivity index (χ2n) is 8.53. The maximum atomic E-state index is 13.0. The molecule has 4 nitrogen and oxygen atoms in total. The van der Waals surface area contributed by atoms with E-state index in [0.29, 0.717) is 19.0 Å². The zero-order chi connectivity index (χ0) is 18.2. The molecule has 1 aliphatic heterocycles. The Bertz CT molecular complexity index is 671. The van der Waals surface area contributed by atoms with Gasteiger partial charge >= 0.3 is 0 Å². The topological polar surface area (TPSA) is 40.6 Å². The first-order chi connectivity index (χ1) is 11.8. The first kappa shape index (κ1) is 18.0. The number of rotatable bonds is 2. The lowest BCUT2D eigenvalue weighted by Gasteiger charge is -2.24. The number of hydrogen-bond donors (Lipinski definition) is 0. The van der Waals surface area contributed by atoms with E-state index in [2.05, 4.69) is 32.9 Å². The average molecular weight is 342 g/mol. The lowest BCUT2D eigenvalue weighted by molar-refractivity contribution is -0.132. The van der Waals surface area contributed by atoms with Gasteiger partial charge in [-0.05, 0) is 48.8 Å². The lowest BCUT2D eigenvalue weighted by Crippen LogP contribution is -2.38. The van der Waals surface area contributed by atoms with Crippen LogP contribution in [0.5, 0.6) is 0 Å². The molecular formula is C21H30N2O2. The molecule has 2 aliphatic rings. The minimum atomic E-state index is 0.0820. The van der Waals surface area contributed by atoms with Crippen molar-refractivity contribution in [2.75, 3.05) is 26.2 Å². The third-order valence-electron chi connectivity index (χ3n) is 5.34. The number of aryl methyl sites for hydroxylation is 1. The van der Waals surface area contributed by atoms with Crippen LogP contribution in [0.1, 0.15) is 61.5 Å². The number of carbonyl (C=O) groups is 2. The van der Waals surface area contributed by atoms with E-state index < -0.39 is 0 Å². The Morgan fingerprint density at radius 3 is 2.24 bits per heavy atom. The lowest BCUT2D eigenvalue weighted by atomic mass is 9.85. The molecule has 0 atom stereocenters. The first-order valence-corrected chi connectivity index (χ1v) is 9.46. The predicted molar refractivity (Wildman–Crippen MR) is 99.7 cm³/mol. The molecule has 136 valence electrons. The summed E-state index contributed by atoms with van der Waals surface area (Å²) in [6.07, 6.45) is 2.94. The summed E-state index contributed by atoms with van der Waals surface area (Å²) in [5, 5.41) is 0. The number of nitrogens with zero attached hydrogens (tertiary/aromatic N) is 2. The van der Waals surface area contributed by atoms with Crippen LogP contribution >= 0.6 is 0 Å². The molecule has 3 rings (SSSR count). The molecule has 0 aromatic heterocycles. The van der Waals surface area contributed by atoms with E-state index in [1.807, 2.05) is 22.8 Å². The van der Waals surface area contributed by atoms with Crippen molar-refractivity contribution in [3.63, 3.8) is 0 Å². The van der Waals surface area contributed by atoms with E-state index in [0.717, 1.165) is 43.5 Å². The molecule has 1 aliphatic carbocycles. The van der Waals surface area contributed by atoms with Gasteiger partial charge in [-0.1, -0.05) is 32.9 Å². The highest BCUT2D eigenvalue weighted by atomic mass is 16.2. The van der Waals surface area contributed by atoms with E-state index in [-0.39, 0.29) is 17.2 Å². The van der Waals surface area contributed by atoms with Gasteiger partial charge in [-0.2, -0.15) is 0 Å². The number of carbonyl (C=O) groups excluding carboxylic acids is 2. The highest BCUT2D eigenvalue weighted by molar-refractivity contribution is 5.95. The van der Waals surface area contributed by atoms with E-state index >= 15 is 0 Å². The monoisotopic (exact) mass is 342 g/mol. The van der Waals surface area contributed by atoms with Crippen molar-refractivity contribution in [1.29, 1.82) is 0 Å². The highest BCUT2D eigenvalue weighted by Gasteiger charge is 2.34. The molecular weight excluding hydrogens is 312 g/mol. The molecule has 4 heteroatoms. The molecule has 2 fully saturated rings. The van der Waals surface area contributed by atoms with Gasteiger partial charge in [0.15, 0.2) is 0 Å². The minimum absolute atomic E-state index is 0.0820. The van der Waals surface area contributed by atoms with Crippen molar-refractivity contribution in [2.24, 2.45) is 5.92 Å². The fourth-order valence-corrected chi connectivity index (χ4v) is 3.47. The Morgan fingerprint density at radius 1 is 1.00 bits per heavy atom. The molecule has 0 unspecified atom stereocenters. The fourth-order valence-electron chi connectivity index (χ4n) is 3.47. The third-order valence-corrected chi connectivity index (χ3v) is 5.34. The van der Waals surface area contributed by atoms with Crippen LogP contribution in [0.3, 0.4) is 0 Å². The van der Waals surface area contributed by atoms with Crippen LogP contribution in [0.2, 0.25) is 0 Å². The molecule has 1 heterocycles. The molecule has 1 aromatic rings. The summed E-state index contributed by atoms with van der Waals surface area (Å²) in [4.78, 5) is 29.1. The van der Waals surface area contributed by atoms with Crippen molar-refractivity contribution in [3.8, 4) is 0 Å². The van der Waals surface area contributed by atoms with Crippen LogP contribution in [0.25, 0.3) is 0 Å². The Kier molecular flexibility index (Phi) is 4.90. The zero-order valence-electron chi connectivity index (χ0n) is 16.0. The summed E-state index contributed by atoms with van der Waals surface area (Å²) in [5.41, 5.74) is 3.15. The third kappa shape index (κ3) is 4.05. The van der Waals surface area contributed by atoms with E-state index in [4.69, 9.17) is 0 Å². The van der Waals surface area contributed by atoms with Crippen molar-refractivity contribution in [2.45, 2.75) is 52.4 Å². The molecule has 1 saturated carbocycles. The quantitative estimate of drug-likeness (QED) is 0.827. The molecule has 25 heavy (non-hydrogen) atoms. The second-order valence-corrected chi connectivity index (χ2v) is 8.53. The summed E-state index contributed by atoms with van der Waals surface area (Å²) < 4.78 is 0. The molecule has 0 N–H and O–H groups in total. The average Bonchev–Trinajstić information content (AvgIpc) is 3.39. The molecule has 1 saturated heterocycles. The standard InChI is InChI=1S/C21H30N2O2/c1-15-14-17(21(2,3)4)8-9-18(15)20(25)23-11-5-10-22(12-13-23)19(24)16-6-7-16/h8-9,14,16H,5-7,10-13H2,1-4H3. The van der Waals surface area contributed by atoms with Gasteiger partial charge in [0, 0.05) is 37.7 Å². The Labute approximate surface area is 151 Å². The van der Waals surface area contributed by atoms with E-state index in [1.165, 1.54) is 5.56 Å². The predicted octanol–water partition coefficient (Wildman–Crippen LogP) is 3.38. The summed E-state index contributed by atoms with van der Waals surface area (Å²) in [7, 11) is 0. The van der Waals surface area contributed by atoms with Crippen molar-refractivity contribution < 1.29 is 9.59 Å². The van der Waals surface area contributed by atoms with E-state index in [9.17, 15) is 9.59 Å². The summed E-state index contributed by atoms with van der Waals surface area (Å²) in [5.74, 6) is 0.646. The van der Waals surface area contributed by atoms with Crippen LogP contribution in [-0.4, -0.2) is 47.8 Å². The maximum absolute atomic E-state index is 13.0. The molecule has 1 aromatic carbocycles. The van der Waals surface area contributed by atoms with Gasteiger partial charge in [-0.3, -0.25) is 9.59 Å². The minimum Gasteiger partial charge on any atom is -0.341 e. The van der Waals surface area contributed by atoms with Crippen LogP contribution < -0.4 is 0 Å². The van der Waals surface area contributed by atoms with Gasteiger partial charge in [-0.25, -0.2) is 0 Å². The Hall–Kier alpha value is -1.84. The van der Waals surface area contributed by atoms with Gasteiger partial charge in [0.25, 0.3) is 5.91 Å². The largest absolute Gasteiger partial charge is 0.341 e. The Morgan fingerprint density at radius 2 is 1.64 bits per heavy atom. The van der Waals surface area contributed by atoms with Gasteiger partial charge in [0.2, 0.25) is 5.91 Å². The molecule has 0 radical (unpaired) electrons. The number of hydrogen-bond acceptors (Lipinski definition) is 2. The summed E-state index contributed by atoms with van der Waals surface area (Å²) in [6, 6.07) is 6.17. The second kappa shape index (κ2) is 6.81. The Balaban J connectivity index is 1.69. The van der Waals surface area contributed by atoms with E-state index in [1.54, 1.807) is 0 Å². The van der Waals surface area contributed by atoms with Crippen LogP contribution in [0.4, 0.5) is 0 Å². The van der Waals surface area contributed by atoms with Crippen molar-refractivity contribution in [3.05, 3.63) is 34.9 Å². The van der Waals surface area contributed by atoms with Crippen LogP contribution in [0, 0.1) is 12.8 Å². The number of benzene rings is 1. The number of amides is 2. The smallest absolute Gasteiger partial charge is 0.254 e. The zero-order valence-corrected chi connectivity index (χ0v) is 16.0. The van der Waals surface area contributed by atoms with Gasteiger partial charge < -0.3 is 9.80 Å². The van der Waals surface area contributed by atoms with Crippen molar-refractivity contribution >= 4 is 11.8 Å². The SMILES string of the molecule is Cc1cc(C(C)(C)C)ccc1C(=O)N1CCCN(C(=O)C2CC2)CC1. The van der Waals surface area contributed by atoms with Crippen molar-refractivity contribution in [1.82, 2.24) is 9.80 Å². The van der Waals surface area contributed by atoms with Crippen LogP contribution in [-0.2, 0) is 10.2 Å². The van der Waals surface area contributed by atoms with Gasteiger partial charge in [0.05, 0.1) is 0 Å². The van der Waals surface area contributed by atoms with Gasteiger partial charge in [0.1, 0.15) is 0 Å². The maximum Gasteiger partial charge on any atom is 0.254 e.